The van der Waals surface area contributed by atoms with Crippen molar-refractivity contribution in [1.82, 2.24) is 4.90 Å². The number of nitrogens with zero attached hydrogens (tertiary/aromatic N) is 1. The molecule has 0 aromatic heterocycles. The number of imide groups is 1. The van der Waals surface area contributed by atoms with Gasteiger partial charge < -0.3 is 4.74 Å². The van der Waals surface area contributed by atoms with Crippen molar-refractivity contribution in [1.29, 1.82) is 0 Å². The Kier molecular flexibility index (Phi) is 0.563. The van der Waals surface area contributed by atoms with Gasteiger partial charge in [0.2, 0.25) is 0 Å². The zero-order chi connectivity index (χ0) is 5.44. The van der Waals surface area contributed by atoms with Crippen molar-refractivity contribution in [3.63, 3.8) is 0 Å². The standard InChI is InChI=1S/C3H3NO3/c1-4-2(5)7-3(4)6/h1H3. The van der Waals surface area contributed by atoms with Crippen LogP contribution in [0.1, 0.15) is 0 Å². The van der Waals surface area contributed by atoms with Gasteiger partial charge in [-0.1, -0.05) is 0 Å². The van der Waals surface area contributed by atoms with Gasteiger partial charge in [0.1, 0.15) is 0 Å². The van der Waals surface area contributed by atoms with Crippen LogP contribution >= 0.6 is 0 Å². The molecule has 38 valence electrons. The van der Waals surface area contributed by atoms with Crippen molar-refractivity contribution in [2.75, 3.05) is 7.05 Å². The number of cyclic esters (lactones) is 2. The summed E-state index contributed by atoms with van der Waals surface area (Å²) in [5.74, 6) is 0. The Morgan fingerprint density at radius 3 is 1.86 bits per heavy atom. The quantitative estimate of drug-likeness (QED) is 0.409. The molecule has 1 aliphatic heterocycles. The summed E-state index contributed by atoms with van der Waals surface area (Å²) in [6, 6.07) is 0. The molecular weight excluding hydrogens is 98.0 g/mol. The molecule has 1 fully saturated rings. The lowest BCUT2D eigenvalue weighted by Crippen LogP contribution is -2.46. The van der Waals surface area contributed by atoms with E-state index < -0.39 is 12.2 Å². The molecule has 0 radical (unpaired) electrons. The first kappa shape index (κ1) is 4.11. The Bertz CT molecular complexity index is 116. The summed E-state index contributed by atoms with van der Waals surface area (Å²) < 4.78 is 3.90. The van der Waals surface area contributed by atoms with Crippen molar-refractivity contribution in [3.8, 4) is 0 Å². The van der Waals surface area contributed by atoms with Gasteiger partial charge in [0, 0.05) is 7.05 Å². The minimum atomic E-state index is -0.579. The fraction of sp³-hybridized carbons (Fsp3) is 0.333. The molecule has 4 nitrogen and oxygen atoms in total. The highest BCUT2D eigenvalue weighted by atomic mass is 16.7. The van der Waals surface area contributed by atoms with Crippen LogP contribution < -0.4 is 0 Å². The predicted octanol–water partition coefficient (Wildman–Crippen LogP) is 0.188. The second-order valence-corrected chi connectivity index (χ2v) is 1.19. The molecule has 1 heterocycles. The maximum Gasteiger partial charge on any atom is 0.428 e. The zero-order valence-electron chi connectivity index (χ0n) is 3.67. The van der Waals surface area contributed by atoms with Crippen LogP contribution in [0.2, 0.25) is 0 Å². The van der Waals surface area contributed by atoms with E-state index in [0.717, 1.165) is 4.90 Å². The topological polar surface area (TPSA) is 46.6 Å². The Balaban J connectivity index is 2.59. The van der Waals surface area contributed by atoms with E-state index in [9.17, 15) is 9.59 Å². The summed E-state index contributed by atoms with van der Waals surface area (Å²) in [5.41, 5.74) is 0. The van der Waals surface area contributed by atoms with Crippen LogP contribution in [0.15, 0.2) is 0 Å². The van der Waals surface area contributed by atoms with Gasteiger partial charge in [0.15, 0.2) is 0 Å². The van der Waals surface area contributed by atoms with Gasteiger partial charge in [-0.15, -0.1) is 0 Å². The lowest BCUT2D eigenvalue weighted by atomic mass is 10.7. The molecule has 1 saturated heterocycles. The largest absolute Gasteiger partial charge is 0.428 e. The summed E-state index contributed by atoms with van der Waals surface area (Å²) in [4.78, 5) is 20.7. The molecule has 1 aliphatic rings. The molecular formula is C3H3NO3. The molecule has 0 aliphatic carbocycles. The fourth-order valence-electron chi connectivity index (χ4n) is 0.247. The monoisotopic (exact) mass is 101 g/mol. The number of rotatable bonds is 0. The number of hydrogen-bond donors (Lipinski definition) is 0. The van der Waals surface area contributed by atoms with Crippen molar-refractivity contribution in [2.24, 2.45) is 0 Å². The molecule has 0 bridgehead atoms. The SMILES string of the molecule is CN1C(=O)OC1=O. The molecule has 0 aromatic rings. The van der Waals surface area contributed by atoms with E-state index in [-0.39, 0.29) is 0 Å². The van der Waals surface area contributed by atoms with E-state index in [0.29, 0.717) is 0 Å². The summed E-state index contributed by atoms with van der Waals surface area (Å²) in [5, 5.41) is 0. The minimum absolute atomic E-state index is 0.579. The Labute approximate surface area is 39.7 Å². The molecule has 1 rings (SSSR count). The Morgan fingerprint density at radius 1 is 1.43 bits per heavy atom. The third-order valence-corrected chi connectivity index (χ3v) is 0.722. The van der Waals surface area contributed by atoms with Crippen LogP contribution in [0.25, 0.3) is 0 Å². The van der Waals surface area contributed by atoms with Gasteiger partial charge >= 0.3 is 12.2 Å². The number of carbonyl (C=O) groups excluding carboxylic acids is 2. The van der Waals surface area contributed by atoms with Gasteiger partial charge in [0.05, 0.1) is 0 Å². The van der Waals surface area contributed by atoms with Crippen LogP contribution in [0.3, 0.4) is 0 Å². The molecule has 7 heavy (non-hydrogen) atoms. The minimum Gasteiger partial charge on any atom is -0.358 e. The summed E-state index contributed by atoms with van der Waals surface area (Å²) in [6.07, 6.45) is -1.16. The summed E-state index contributed by atoms with van der Waals surface area (Å²) >= 11 is 0. The van der Waals surface area contributed by atoms with Crippen LogP contribution in [-0.2, 0) is 4.74 Å². The Hall–Kier alpha value is -1.06. The molecule has 4 heteroatoms. The second kappa shape index (κ2) is 0.959. The second-order valence-electron chi connectivity index (χ2n) is 1.19. The molecule has 0 unspecified atom stereocenters. The summed E-state index contributed by atoms with van der Waals surface area (Å²) in [7, 11) is 1.36. The molecule has 0 aromatic carbocycles. The molecule has 0 atom stereocenters. The van der Waals surface area contributed by atoms with Gasteiger partial charge in [-0.2, -0.15) is 0 Å². The number of carbonyl (C=O) groups is 2. The van der Waals surface area contributed by atoms with Gasteiger partial charge in [0.25, 0.3) is 0 Å². The maximum atomic E-state index is 9.92. The van der Waals surface area contributed by atoms with E-state index in [1.165, 1.54) is 7.05 Å². The lowest BCUT2D eigenvalue weighted by molar-refractivity contribution is 0.0682. The predicted molar refractivity (Wildman–Crippen MR) is 19.6 cm³/mol. The highest BCUT2D eigenvalue weighted by Crippen LogP contribution is 2.04. The van der Waals surface area contributed by atoms with E-state index in [4.69, 9.17) is 0 Å². The van der Waals surface area contributed by atoms with Gasteiger partial charge in [-0.3, -0.25) is 0 Å². The molecule has 0 saturated carbocycles. The highest BCUT2D eigenvalue weighted by molar-refractivity contribution is 6.02. The number of hydrogen-bond acceptors (Lipinski definition) is 3. The molecule has 2 amide bonds. The van der Waals surface area contributed by atoms with Crippen molar-refractivity contribution < 1.29 is 14.3 Å². The molecule has 0 N–H and O–H groups in total. The van der Waals surface area contributed by atoms with E-state index in [2.05, 4.69) is 4.74 Å². The van der Waals surface area contributed by atoms with E-state index in [1.807, 2.05) is 0 Å². The van der Waals surface area contributed by atoms with Crippen LogP contribution in [-0.4, -0.2) is 24.1 Å². The normalized spacial score (nSPS) is 18.7. The van der Waals surface area contributed by atoms with E-state index in [1.54, 1.807) is 0 Å². The fourth-order valence-corrected chi connectivity index (χ4v) is 0.247. The average Bonchev–Trinajstić information content (AvgIpc) is 1.68. The first-order chi connectivity index (χ1) is 3.22. The van der Waals surface area contributed by atoms with Gasteiger partial charge in [-0.25, -0.2) is 14.5 Å². The highest BCUT2D eigenvalue weighted by Gasteiger charge is 2.32. The van der Waals surface area contributed by atoms with Crippen molar-refractivity contribution in [2.45, 2.75) is 0 Å². The summed E-state index contributed by atoms with van der Waals surface area (Å²) in [6.45, 7) is 0. The number of ether oxygens (including phenoxy) is 1. The number of amides is 2. The smallest absolute Gasteiger partial charge is 0.358 e. The van der Waals surface area contributed by atoms with E-state index >= 15 is 0 Å². The maximum absolute atomic E-state index is 9.92. The van der Waals surface area contributed by atoms with Crippen LogP contribution in [0.4, 0.5) is 9.59 Å². The Morgan fingerprint density at radius 2 is 1.86 bits per heavy atom. The van der Waals surface area contributed by atoms with Crippen molar-refractivity contribution in [3.05, 3.63) is 0 Å². The first-order valence-electron chi connectivity index (χ1n) is 1.71. The molecule has 0 spiro atoms. The first-order valence-corrected chi connectivity index (χ1v) is 1.71. The third-order valence-electron chi connectivity index (χ3n) is 0.722. The lowest BCUT2D eigenvalue weighted by Gasteiger charge is -2.20. The average molecular weight is 101 g/mol. The van der Waals surface area contributed by atoms with Crippen LogP contribution in [0, 0.1) is 0 Å². The zero-order valence-corrected chi connectivity index (χ0v) is 3.67. The third kappa shape index (κ3) is 0.357. The van der Waals surface area contributed by atoms with Gasteiger partial charge in [-0.05, 0) is 0 Å². The van der Waals surface area contributed by atoms with Crippen molar-refractivity contribution >= 4 is 12.2 Å². The van der Waals surface area contributed by atoms with Crippen LogP contribution in [0.5, 0.6) is 0 Å².